The molecule has 7 heteroatoms. The molecular weight excluding hydrogens is 325 g/mol. The maximum Gasteiger partial charge on any atom is 0.259 e. The van der Waals surface area contributed by atoms with Crippen molar-refractivity contribution >= 4 is 44.2 Å². The third-order valence-corrected chi connectivity index (χ3v) is 5.46. The summed E-state index contributed by atoms with van der Waals surface area (Å²) >= 11 is 7.46. The zero-order valence-corrected chi connectivity index (χ0v) is 13.4. The van der Waals surface area contributed by atoms with Crippen LogP contribution in [0.25, 0.3) is 10.2 Å². The summed E-state index contributed by atoms with van der Waals surface area (Å²) in [5.41, 5.74) is -0.957. The van der Waals surface area contributed by atoms with E-state index < -0.39 is 11.6 Å². The second-order valence-corrected chi connectivity index (χ2v) is 7.44. The Labute approximate surface area is 136 Å². The zero-order valence-electron chi connectivity index (χ0n) is 11.8. The molecule has 1 unspecified atom stereocenters. The summed E-state index contributed by atoms with van der Waals surface area (Å²) in [7, 11) is 0. The third kappa shape index (κ3) is 2.54. The van der Waals surface area contributed by atoms with Gasteiger partial charge in [0.15, 0.2) is 5.13 Å². The van der Waals surface area contributed by atoms with E-state index in [2.05, 4.69) is 10.3 Å². The van der Waals surface area contributed by atoms with Crippen LogP contribution in [0.15, 0.2) is 18.2 Å². The second-order valence-electron chi connectivity index (χ2n) is 5.99. The molecule has 1 aliphatic carbocycles. The highest BCUT2D eigenvalue weighted by Crippen LogP contribution is 2.36. The van der Waals surface area contributed by atoms with Crippen LogP contribution in [-0.2, 0) is 4.79 Å². The predicted octanol–water partition coefficient (Wildman–Crippen LogP) is 3.15. The van der Waals surface area contributed by atoms with Gasteiger partial charge in [0.1, 0.15) is 0 Å². The topological polar surface area (TPSA) is 45.2 Å². The average Bonchev–Trinajstić information content (AvgIpc) is 3.05. The van der Waals surface area contributed by atoms with Gasteiger partial charge in [-0.15, -0.1) is 0 Å². The largest absolute Gasteiger partial charge is 0.351 e. The fraction of sp³-hybridized carbons (Fsp3) is 0.467. The Bertz CT molecular complexity index is 747. The summed E-state index contributed by atoms with van der Waals surface area (Å²) in [6.07, 6.45) is 2.14. The minimum atomic E-state index is -1.81. The number of halogens is 2. The van der Waals surface area contributed by atoms with Crippen molar-refractivity contribution < 1.29 is 9.18 Å². The maximum absolute atomic E-state index is 14.9. The molecule has 2 aromatic rings. The Kier molecular flexibility index (Phi) is 3.27. The van der Waals surface area contributed by atoms with Crippen molar-refractivity contribution in [1.29, 1.82) is 0 Å². The van der Waals surface area contributed by atoms with E-state index in [-0.39, 0.29) is 19.0 Å². The molecule has 116 valence electrons. The molecule has 0 bridgehead atoms. The first kappa shape index (κ1) is 14.2. The van der Waals surface area contributed by atoms with E-state index in [9.17, 15) is 9.18 Å². The van der Waals surface area contributed by atoms with Gasteiger partial charge in [-0.25, -0.2) is 9.37 Å². The van der Waals surface area contributed by atoms with E-state index in [1.165, 1.54) is 11.3 Å². The number of nitrogens with one attached hydrogen (secondary N) is 1. The lowest BCUT2D eigenvalue weighted by Crippen LogP contribution is -2.46. The summed E-state index contributed by atoms with van der Waals surface area (Å²) in [5, 5.41) is 4.17. The first-order valence-corrected chi connectivity index (χ1v) is 8.54. The maximum atomic E-state index is 14.9. The number of carbonyl (C=O) groups is 1. The quantitative estimate of drug-likeness (QED) is 0.934. The SMILES string of the molecule is O=C(NC1CC1)C1(F)CCN(c2nc3ccc(Cl)cc3s2)C1. The summed E-state index contributed by atoms with van der Waals surface area (Å²) in [6.45, 7) is 0.571. The highest BCUT2D eigenvalue weighted by atomic mass is 35.5. The average molecular weight is 340 g/mol. The van der Waals surface area contributed by atoms with Crippen LogP contribution in [0, 0.1) is 0 Å². The third-order valence-electron chi connectivity index (χ3n) is 4.15. The summed E-state index contributed by atoms with van der Waals surface area (Å²) in [4.78, 5) is 18.4. The number of aromatic nitrogens is 1. The summed E-state index contributed by atoms with van der Waals surface area (Å²) in [6, 6.07) is 5.69. The Morgan fingerprint density at radius 3 is 3.09 bits per heavy atom. The van der Waals surface area contributed by atoms with Gasteiger partial charge in [-0.3, -0.25) is 4.79 Å². The number of thiazole rings is 1. The number of amides is 1. The lowest BCUT2D eigenvalue weighted by molar-refractivity contribution is -0.131. The van der Waals surface area contributed by atoms with Crippen LogP contribution in [0.5, 0.6) is 0 Å². The van der Waals surface area contributed by atoms with Gasteiger partial charge < -0.3 is 10.2 Å². The van der Waals surface area contributed by atoms with Crippen molar-refractivity contribution in [1.82, 2.24) is 10.3 Å². The normalized spacial score (nSPS) is 24.9. The fourth-order valence-electron chi connectivity index (χ4n) is 2.69. The molecule has 2 aliphatic rings. The van der Waals surface area contributed by atoms with Gasteiger partial charge in [0, 0.05) is 24.0 Å². The van der Waals surface area contributed by atoms with Crippen molar-refractivity contribution in [2.24, 2.45) is 0 Å². The molecule has 2 heterocycles. The molecule has 22 heavy (non-hydrogen) atoms. The molecule has 1 aliphatic heterocycles. The molecular formula is C15H15ClFN3OS. The van der Waals surface area contributed by atoms with Crippen molar-refractivity contribution in [2.45, 2.75) is 31.0 Å². The van der Waals surface area contributed by atoms with Gasteiger partial charge in [-0.1, -0.05) is 22.9 Å². The zero-order chi connectivity index (χ0) is 15.3. The number of hydrogen-bond acceptors (Lipinski definition) is 4. The van der Waals surface area contributed by atoms with E-state index >= 15 is 0 Å². The monoisotopic (exact) mass is 339 g/mol. The minimum absolute atomic E-state index is 0.0686. The van der Waals surface area contributed by atoms with Gasteiger partial charge in [0.05, 0.1) is 16.8 Å². The minimum Gasteiger partial charge on any atom is -0.351 e. The van der Waals surface area contributed by atoms with E-state index in [4.69, 9.17) is 11.6 Å². The number of hydrogen-bond donors (Lipinski definition) is 1. The number of anilines is 1. The van der Waals surface area contributed by atoms with E-state index in [0.29, 0.717) is 11.6 Å². The standard InChI is InChI=1S/C15H15ClFN3OS/c16-9-1-4-11-12(7-9)22-14(19-11)20-6-5-15(17,8-20)13(21)18-10-2-3-10/h1,4,7,10H,2-3,5-6,8H2,(H,18,21). The lowest BCUT2D eigenvalue weighted by atomic mass is 10.1. The van der Waals surface area contributed by atoms with E-state index in [0.717, 1.165) is 28.2 Å². The van der Waals surface area contributed by atoms with Crippen LogP contribution in [0.2, 0.25) is 5.02 Å². The van der Waals surface area contributed by atoms with Crippen LogP contribution >= 0.6 is 22.9 Å². The molecule has 0 radical (unpaired) electrons. The van der Waals surface area contributed by atoms with Crippen LogP contribution in [0.4, 0.5) is 9.52 Å². The second kappa shape index (κ2) is 5.06. The molecule has 1 saturated carbocycles. The molecule has 4 nitrogen and oxygen atoms in total. The number of nitrogens with zero attached hydrogens (tertiary/aromatic N) is 2. The molecule has 1 aromatic carbocycles. The van der Waals surface area contributed by atoms with Crippen LogP contribution in [-0.4, -0.2) is 35.7 Å². The Morgan fingerprint density at radius 2 is 2.32 bits per heavy atom. The first-order valence-electron chi connectivity index (χ1n) is 7.34. The fourth-order valence-corrected chi connectivity index (χ4v) is 3.95. The number of benzene rings is 1. The number of rotatable bonds is 3. The van der Waals surface area contributed by atoms with E-state index in [1.807, 2.05) is 17.0 Å². The van der Waals surface area contributed by atoms with Crippen molar-refractivity contribution in [2.75, 3.05) is 18.0 Å². The number of carbonyl (C=O) groups excluding carboxylic acids is 1. The smallest absolute Gasteiger partial charge is 0.259 e. The first-order chi connectivity index (χ1) is 10.5. The molecule has 1 amide bonds. The molecule has 1 atom stereocenters. The number of alkyl halides is 1. The number of fused-ring (bicyclic) bond motifs is 1. The summed E-state index contributed by atoms with van der Waals surface area (Å²) < 4.78 is 15.8. The Morgan fingerprint density at radius 1 is 1.50 bits per heavy atom. The van der Waals surface area contributed by atoms with Gasteiger partial charge in [-0.05, 0) is 31.0 Å². The van der Waals surface area contributed by atoms with Gasteiger partial charge in [-0.2, -0.15) is 0 Å². The molecule has 1 saturated heterocycles. The van der Waals surface area contributed by atoms with Crippen LogP contribution in [0.3, 0.4) is 0 Å². The van der Waals surface area contributed by atoms with Gasteiger partial charge in [0.25, 0.3) is 5.91 Å². The molecule has 0 spiro atoms. The van der Waals surface area contributed by atoms with Gasteiger partial charge >= 0.3 is 0 Å². The van der Waals surface area contributed by atoms with Crippen LogP contribution < -0.4 is 10.2 Å². The predicted molar refractivity (Wildman–Crippen MR) is 86.5 cm³/mol. The van der Waals surface area contributed by atoms with Crippen molar-refractivity contribution in [3.05, 3.63) is 23.2 Å². The highest BCUT2D eigenvalue weighted by molar-refractivity contribution is 7.22. The molecule has 1 N–H and O–H groups in total. The van der Waals surface area contributed by atoms with Gasteiger partial charge in [0.2, 0.25) is 5.67 Å². The molecule has 1 aromatic heterocycles. The highest BCUT2D eigenvalue weighted by Gasteiger charge is 2.47. The molecule has 2 fully saturated rings. The lowest BCUT2D eigenvalue weighted by Gasteiger charge is -2.19. The van der Waals surface area contributed by atoms with Crippen LogP contribution in [0.1, 0.15) is 19.3 Å². The Hall–Kier alpha value is -1.40. The summed E-state index contributed by atoms with van der Waals surface area (Å²) in [5.74, 6) is -0.471. The van der Waals surface area contributed by atoms with E-state index in [1.54, 1.807) is 6.07 Å². The van der Waals surface area contributed by atoms with Crippen molar-refractivity contribution in [3.8, 4) is 0 Å². The Balaban J connectivity index is 1.54. The molecule has 4 rings (SSSR count). The van der Waals surface area contributed by atoms with Crippen molar-refractivity contribution in [3.63, 3.8) is 0 Å².